The maximum absolute atomic E-state index is 12.3. The highest BCUT2D eigenvalue weighted by atomic mass is 32.2. The molecule has 4 nitrogen and oxygen atoms in total. The van der Waals surface area contributed by atoms with Crippen LogP contribution in [-0.4, -0.2) is 43.2 Å². The molecule has 1 aliphatic rings. The first kappa shape index (κ1) is 16.2. The van der Waals surface area contributed by atoms with Crippen molar-refractivity contribution in [3.8, 4) is 0 Å². The van der Waals surface area contributed by atoms with Gasteiger partial charge in [-0.05, 0) is 30.7 Å². The van der Waals surface area contributed by atoms with Gasteiger partial charge in [-0.3, -0.25) is 4.79 Å². The van der Waals surface area contributed by atoms with Crippen LogP contribution < -0.4 is 10.6 Å². The van der Waals surface area contributed by atoms with Crippen molar-refractivity contribution in [1.82, 2.24) is 4.90 Å². The SMILES string of the molecule is CCSc1cccc(N(C)CC(=O)N2CCCC2)c1CN. The molecule has 0 aliphatic carbocycles. The minimum atomic E-state index is 0.214. The lowest BCUT2D eigenvalue weighted by Crippen LogP contribution is -2.37. The predicted molar refractivity (Wildman–Crippen MR) is 89.8 cm³/mol. The van der Waals surface area contributed by atoms with Crippen LogP contribution in [-0.2, 0) is 11.3 Å². The Kier molecular flexibility index (Phi) is 5.94. The molecule has 2 N–H and O–H groups in total. The molecule has 0 unspecified atom stereocenters. The van der Waals surface area contributed by atoms with Crippen LogP contribution in [0.5, 0.6) is 0 Å². The molecule has 0 spiro atoms. The third-order valence-electron chi connectivity index (χ3n) is 3.85. The van der Waals surface area contributed by atoms with Gasteiger partial charge in [-0.1, -0.05) is 13.0 Å². The van der Waals surface area contributed by atoms with Crippen molar-refractivity contribution in [3.05, 3.63) is 23.8 Å². The lowest BCUT2D eigenvalue weighted by Gasteiger charge is -2.25. The van der Waals surface area contributed by atoms with Gasteiger partial charge < -0.3 is 15.5 Å². The lowest BCUT2D eigenvalue weighted by molar-refractivity contribution is -0.128. The molecule has 0 radical (unpaired) electrons. The van der Waals surface area contributed by atoms with Crippen LogP contribution in [0.15, 0.2) is 23.1 Å². The Labute approximate surface area is 131 Å². The molecule has 1 fully saturated rings. The molecule has 5 heteroatoms. The second kappa shape index (κ2) is 7.71. The second-order valence-electron chi connectivity index (χ2n) is 5.33. The highest BCUT2D eigenvalue weighted by Gasteiger charge is 2.20. The molecular weight excluding hydrogens is 282 g/mol. The Morgan fingerprint density at radius 1 is 1.38 bits per heavy atom. The number of hydrogen-bond donors (Lipinski definition) is 1. The summed E-state index contributed by atoms with van der Waals surface area (Å²) in [7, 11) is 1.98. The third kappa shape index (κ3) is 3.92. The van der Waals surface area contributed by atoms with Crippen molar-refractivity contribution < 1.29 is 4.79 Å². The van der Waals surface area contributed by atoms with Gasteiger partial charge in [0.05, 0.1) is 6.54 Å². The van der Waals surface area contributed by atoms with E-state index < -0.39 is 0 Å². The van der Waals surface area contributed by atoms with Gasteiger partial charge in [0.25, 0.3) is 0 Å². The first-order valence-corrected chi connectivity index (χ1v) is 8.59. The fourth-order valence-corrected chi connectivity index (χ4v) is 3.61. The van der Waals surface area contributed by atoms with Gasteiger partial charge in [0.2, 0.25) is 5.91 Å². The van der Waals surface area contributed by atoms with E-state index in [2.05, 4.69) is 19.1 Å². The molecule has 0 atom stereocenters. The van der Waals surface area contributed by atoms with Gasteiger partial charge in [0.1, 0.15) is 0 Å². The summed E-state index contributed by atoms with van der Waals surface area (Å²) in [4.78, 5) is 17.5. The number of nitrogens with two attached hydrogens (primary N) is 1. The lowest BCUT2D eigenvalue weighted by atomic mass is 10.1. The average Bonchev–Trinajstić information content (AvgIpc) is 3.01. The van der Waals surface area contributed by atoms with Gasteiger partial charge >= 0.3 is 0 Å². The molecule has 1 saturated heterocycles. The minimum Gasteiger partial charge on any atom is -0.365 e. The Balaban J connectivity index is 2.12. The molecule has 1 amide bonds. The van der Waals surface area contributed by atoms with Crippen molar-refractivity contribution >= 4 is 23.4 Å². The first-order chi connectivity index (χ1) is 10.2. The molecule has 1 aromatic carbocycles. The minimum absolute atomic E-state index is 0.214. The molecule has 2 rings (SSSR count). The zero-order valence-corrected chi connectivity index (χ0v) is 13.8. The number of likely N-dealkylation sites (tertiary alicyclic amines) is 1. The number of benzene rings is 1. The summed E-state index contributed by atoms with van der Waals surface area (Å²) in [5.74, 6) is 1.24. The monoisotopic (exact) mass is 307 g/mol. The first-order valence-electron chi connectivity index (χ1n) is 7.61. The van der Waals surface area contributed by atoms with Gasteiger partial charge in [-0.15, -0.1) is 11.8 Å². The number of carbonyl (C=O) groups excluding carboxylic acids is 1. The number of anilines is 1. The summed E-state index contributed by atoms with van der Waals surface area (Å²) in [5, 5.41) is 0. The van der Waals surface area contributed by atoms with Gasteiger partial charge in [0.15, 0.2) is 0 Å². The van der Waals surface area contributed by atoms with Crippen molar-refractivity contribution in [2.75, 3.05) is 37.3 Å². The summed E-state index contributed by atoms with van der Waals surface area (Å²) in [6, 6.07) is 6.21. The van der Waals surface area contributed by atoms with Gasteiger partial charge in [-0.2, -0.15) is 0 Å². The molecule has 1 heterocycles. The number of carbonyl (C=O) groups is 1. The standard InChI is InChI=1S/C16H25N3OS/c1-3-21-15-8-6-7-14(13(15)11-17)18(2)12-16(20)19-9-4-5-10-19/h6-8H,3-5,9-12,17H2,1-2H3. The maximum Gasteiger partial charge on any atom is 0.242 e. The quantitative estimate of drug-likeness (QED) is 0.820. The van der Waals surface area contributed by atoms with Gasteiger partial charge in [-0.25, -0.2) is 0 Å². The molecule has 0 bridgehead atoms. The third-order valence-corrected chi connectivity index (χ3v) is 4.84. The van der Waals surface area contributed by atoms with Crippen LogP contribution in [0.3, 0.4) is 0 Å². The number of thioether (sulfide) groups is 1. The number of nitrogens with zero attached hydrogens (tertiary/aromatic N) is 2. The van der Waals surface area contributed by atoms with Crippen LogP contribution in [0.4, 0.5) is 5.69 Å². The Morgan fingerprint density at radius 3 is 2.71 bits per heavy atom. The highest BCUT2D eigenvalue weighted by Crippen LogP contribution is 2.30. The fraction of sp³-hybridized carbons (Fsp3) is 0.562. The van der Waals surface area contributed by atoms with E-state index in [0.29, 0.717) is 13.1 Å². The van der Waals surface area contributed by atoms with Crippen LogP contribution in [0, 0.1) is 0 Å². The summed E-state index contributed by atoms with van der Waals surface area (Å²) < 4.78 is 0. The smallest absolute Gasteiger partial charge is 0.242 e. The van der Waals surface area contributed by atoms with E-state index in [4.69, 9.17) is 5.73 Å². The van der Waals surface area contributed by atoms with E-state index in [-0.39, 0.29) is 5.91 Å². The molecule has 21 heavy (non-hydrogen) atoms. The summed E-state index contributed by atoms with van der Waals surface area (Å²) in [6.45, 7) is 4.87. The van der Waals surface area contributed by atoms with Crippen molar-refractivity contribution in [2.24, 2.45) is 5.73 Å². The highest BCUT2D eigenvalue weighted by molar-refractivity contribution is 7.99. The van der Waals surface area contributed by atoms with E-state index in [9.17, 15) is 4.79 Å². The van der Waals surface area contributed by atoms with Gasteiger partial charge in [0, 0.05) is 42.8 Å². The van der Waals surface area contributed by atoms with E-state index in [1.807, 2.05) is 22.9 Å². The number of rotatable bonds is 6. The van der Waals surface area contributed by atoms with Crippen LogP contribution >= 0.6 is 11.8 Å². The van der Waals surface area contributed by atoms with Crippen molar-refractivity contribution in [3.63, 3.8) is 0 Å². The summed E-state index contributed by atoms with van der Waals surface area (Å²) in [5.41, 5.74) is 8.15. The number of amides is 1. The van der Waals surface area contributed by atoms with Crippen molar-refractivity contribution in [1.29, 1.82) is 0 Å². The molecule has 0 aromatic heterocycles. The largest absolute Gasteiger partial charge is 0.365 e. The Hall–Kier alpha value is -1.20. The molecule has 116 valence electrons. The van der Waals surface area contributed by atoms with E-state index >= 15 is 0 Å². The van der Waals surface area contributed by atoms with E-state index in [1.54, 1.807) is 11.8 Å². The molecule has 1 aliphatic heterocycles. The van der Waals surface area contributed by atoms with E-state index in [0.717, 1.165) is 42.9 Å². The molecular formula is C16H25N3OS. The normalized spacial score (nSPS) is 14.5. The summed E-state index contributed by atoms with van der Waals surface area (Å²) >= 11 is 1.80. The average molecular weight is 307 g/mol. The van der Waals surface area contributed by atoms with E-state index in [1.165, 1.54) is 4.90 Å². The molecule has 1 aromatic rings. The fourth-order valence-electron chi connectivity index (χ4n) is 2.76. The second-order valence-corrected chi connectivity index (χ2v) is 6.64. The van der Waals surface area contributed by atoms with Crippen molar-refractivity contribution in [2.45, 2.75) is 31.2 Å². The molecule has 0 saturated carbocycles. The summed E-state index contributed by atoms with van der Waals surface area (Å²) in [6.07, 6.45) is 2.26. The Bertz CT molecular complexity index is 486. The number of likely N-dealkylation sites (N-methyl/N-ethyl adjacent to an activating group) is 1. The maximum atomic E-state index is 12.3. The Morgan fingerprint density at radius 2 is 2.10 bits per heavy atom. The zero-order valence-electron chi connectivity index (χ0n) is 13.0. The number of hydrogen-bond acceptors (Lipinski definition) is 4. The van der Waals surface area contributed by atoms with Crippen LogP contribution in [0.1, 0.15) is 25.3 Å². The topological polar surface area (TPSA) is 49.6 Å². The van der Waals surface area contributed by atoms with Crippen LogP contribution in [0.25, 0.3) is 0 Å². The van der Waals surface area contributed by atoms with Crippen LogP contribution in [0.2, 0.25) is 0 Å². The predicted octanol–water partition coefficient (Wildman–Crippen LogP) is 2.32. The zero-order chi connectivity index (χ0) is 15.2.